The van der Waals surface area contributed by atoms with E-state index in [1.807, 2.05) is 18.2 Å². The Kier molecular flexibility index (Phi) is 5.46. The molecule has 0 fully saturated rings. The van der Waals surface area contributed by atoms with E-state index in [4.69, 9.17) is 11.6 Å². The normalized spacial score (nSPS) is 13.7. The predicted octanol–water partition coefficient (Wildman–Crippen LogP) is 3.23. The summed E-state index contributed by atoms with van der Waals surface area (Å²) in [5.74, 6) is -0.447. The van der Waals surface area contributed by atoms with Crippen molar-refractivity contribution in [3.63, 3.8) is 0 Å². The van der Waals surface area contributed by atoms with E-state index in [1.54, 1.807) is 0 Å². The van der Waals surface area contributed by atoms with Gasteiger partial charge in [-0.25, -0.2) is 12.7 Å². The molecule has 0 spiro atoms. The van der Waals surface area contributed by atoms with Gasteiger partial charge < -0.3 is 10.2 Å². The number of hydrogen-bond acceptors (Lipinski definition) is 4. The van der Waals surface area contributed by atoms with Crippen LogP contribution in [0.1, 0.15) is 22.8 Å². The highest BCUT2D eigenvalue weighted by Crippen LogP contribution is 2.31. The summed E-state index contributed by atoms with van der Waals surface area (Å²) < 4.78 is 25.7. The minimum Gasteiger partial charge on any atom is -0.371 e. The fourth-order valence-electron chi connectivity index (χ4n) is 3.10. The Morgan fingerprint density at radius 3 is 2.63 bits per heavy atom. The number of nitrogens with zero attached hydrogens (tertiary/aromatic N) is 2. The summed E-state index contributed by atoms with van der Waals surface area (Å²) in [5, 5.41) is 3.02. The van der Waals surface area contributed by atoms with Gasteiger partial charge in [0.15, 0.2) is 0 Å². The van der Waals surface area contributed by atoms with Crippen molar-refractivity contribution < 1.29 is 13.2 Å². The average molecular weight is 408 g/mol. The second-order valence-electron chi connectivity index (χ2n) is 6.56. The summed E-state index contributed by atoms with van der Waals surface area (Å²) in [6.07, 6.45) is 0.994. The number of sulfonamides is 1. The van der Waals surface area contributed by atoms with E-state index in [1.165, 1.54) is 37.9 Å². The molecule has 2 aromatic rings. The van der Waals surface area contributed by atoms with E-state index in [-0.39, 0.29) is 15.5 Å². The van der Waals surface area contributed by atoms with Crippen LogP contribution in [0.15, 0.2) is 41.3 Å². The third kappa shape index (κ3) is 3.81. The lowest BCUT2D eigenvalue weighted by molar-refractivity contribution is 0.102. The number of fused-ring (bicyclic) bond motifs is 1. The molecule has 1 aliphatic rings. The van der Waals surface area contributed by atoms with E-state index in [0.29, 0.717) is 5.69 Å². The second kappa shape index (κ2) is 7.50. The Balaban J connectivity index is 1.89. The number of carbonyl (C=O) groups is 1. The number of amides is 1. The number of halogens is 1. The van der Waals surface area contributed by atoms with Crippen molar-refractivity contribution in [3.8, 4) is 0 Å². The molecule has 0 saturated heterocycles. The molecule has 1 amide bonds. The van der Waals surface area contributed by atoms with Gasteiger partial charge in [0, 0.05) is 38.6 Å². The molecule has 3 rings (SSSR count). The molecule has 0 unspecified atom stereocenters. The zero-order valence-electron chi connectivity index (χ0n) is 15.5. The Morgan fingerprint density at radius 1 is 1.22 bits per heavy atom. The van der Waals surface area contributed by atoms with E-state index in [9.17, 15) is 13.2 Å². The highest BCUT2D eigenvalue weighted by molar-refractivity contribution is 7.89. The molecule has 0 aromatic heterocycles. The number of hydrogen-bond donors (Lipinski definition) is 1. The summed E-state index contributed by atoms with van der Waals surface area (Å²) in [6, 6.07) is 9.92. The maximum atomic E-state index is 12.7. The zero-order valence-corrected chi connectivity index (χ0v) is 17.1. The monoisotopic (exact) mass is 407 g/mol. The van der Waals surface area contributed by atoms with Gasteiger partial charge in [0.05, 0.1) is 15.5 Å². The van der Waals surface area contributed by atoms with Gasteiger partial charge in [-0.2, -0.15) is 0 Å². The van der Waals surface area contributed by atoms with Crippen molar-refractivity contribution in [1.29, 1.82) is 0 Å². The third-order valence-corrected chi connectivity index (χ3v) is 6.82. The van der Waals surface area contributed by atoms with Crippen LogP contribution >= 0.6 is 11.6 Å². The highest BCUT2D eigenvalue weighted by atomic mass is 35.5. The van der Waals surface area contributed by atoms with Crippen LogP contribution in [0.4, 0.5) is 11.4 Å². The molecule has 2 aromatic carbocycles. The van der Waals surface area contributed by atoms with Crippen LogP contribution in [-0.2, 0) is 16.4 Å². The molecule has 144 valence electrons. The van der Waals surface area contributed by atoms with Crippen LogP contribution in [0.2, 0.25) is 5.02 Å². The Bertz CT molecular complexity index is 990. The van der Waals surface area contributed by atoms with Crippen LogP contribution in [-0.4, -0.2) is 45.8 Å². The summed E-state index contributed by atoms with van der Waals surface area (Å²) in [4.78, 5) is 15.0. The zero-order chi connectivity index (χ0) is 19.8. The maximum Gasteiger partial charge on any atom is 0.257 e. The van der Waals surface area contributed by atoms with Gasteiger partial charge >= 0.3 is 0 Å². The van der Waals surface area contributed by atoms with Crippen LogP contribution in [0, 0.1) is 0 Å². The Hall–Kier alpha value is -2.09. The van der Waals surface area contributed by atoms with Gasteiger partial charge in [-0.15, -0.1) is 0 Å². The molecule has 0 radical (unpaired) electrons. The lowest BCUT2D eigenvalue weighted by Gasteiger charge is -2.17. The summed E-state index contributed by atoms with van der Waals surface area (Å²) >= 11 is 6.15. The number of likely N-dealkylation sites (N-methyl/N-ethyl adjacent to an activating group) is 1. The number of rotatable bonds is 5. The lowest BCUT2D eigenvalue weighted by atomic mass is 10.1. The first-order valence-corrected chi connectivity index (χ1v) is 10.5. The molecule has 1 aliphatic heterocycles. The molecular formula is C19H22ClN3O3S. The molecular weight excluding hydrogens is 386 g/mol. The molecule has 8 heteroatoms. The van der Waals surface area contributed by atoms with Gasteiger partial charge in [-0.3, -0.25) is 4.79 Å². The van der Waals surface area contributed by atoms with Crippen molar-refractivity contribution in [1.82, 2.24) is 4.31 Å². The number of benzene rings is 2. The summed E-state index contributed by atoms with van der Waals surface area (Å²) in [7, 11) is -0.777. The lowest BCUT2D eigenvalue weighted by Crippen LogP contribution is -2.23. The van der Waals surface area contributed by atoms with E-state index < -0.39 is 15.9 Å². The molecule has 1 heterocycles. The first-order valence-electron chi connectivity index (χ1n) is 8.65. The van der Waals surface area contributed by atoms with E-state index in [0.717, 1.165) is 29.5 Å². The quantitative estimate of drug-likeness (QED) is 0.826. The molecule has 0 aliphatic carbocycles. The van der Waals surface area contributed by atoms with Crippen molar-refractivity contribution in [2.45, 2.75) is 18.2 Å². The summed E-state index contributed by atoms with van der Waals surface area (Å²) in [5.41, 5.74) is 3.14. The predicted molar refractivity (Wildman–Crippen MR) is 108 cm³/mol. The first kappa shape index (κ1) is 19.7. The van der Waals surface area contributed by atoms with E-state index >= 15 is 0 Å². The largest absolute Gasteiger partial charge is 0.371 e. The molecule has 1 N–H and O–H groups in total. The molecule has 0 saturated carbocycles. The van der Waals surface area contributed by atoms with Crippen LogP contribution in [0.25, 0.3) is 0 Å². The second-order valence-corrected chi connectivity index (χ2v) is 9.12. The van der Waals surface area contributed by atoms with Crippen molar-refractivity contribution in [3.05, 3.63) is 52.5 Å². The van der Waals surface area contributed by atoms with Crippen molar-refractivity contribution in [2.75, 3.05) is 37.4 Å². The van der Waals surface area contributed by atoms with Gasteiger partial charge in [0.1, 0.15) is 0 Å². The maximum absolute atomic E-state index is 12.7. The first-order chi connectivity index (χ1) is 12.7. The molecule has 27 heavy (non-hydrogen) atoms. The number of anilines is 2. The minimum atomic E-state index is -3.65. The van der Waals surface area contributed by atoms with Crippen LogP contribution < -0.4 is 10.2 Å². The van der Waals surface area contributed by atoms with Crippen molar-refractivity contribution >= 4 is 38.9 Å². The molecule has 0 bridgehead atoms. The minimum absolute atomic E-state index is 0.0214. The topological polar surface area (TPSA) is 69.7 Å². The number of carbonyl (C=O) groups excluding carboxylic acids is 1. The van der Waals surface area contributed by atoms with Crippen molar-refractivity contribution in [2.24, 2.45) is 0 Å². The average Bonchev–Trinajstić information content (AvgIpc) is 3.04. The van der Waals surface area contributed by atoms with Gasteiger partial charge in [0.2, 0.25) is 10.0 Å². The molecule has 6 nitrogen and oxygen atoms in total. The standard InChI is InChI=1S/C19H22ClN3O3S/c1-4-23-10-9-13-5-6-14(11-18(13)23)21-19(24)16-12-15(7-8-17(16)20)27(25,26)22(2)3/h5-8,11-12H,4,9-10H2,1-3H3,(H,21,24). The highest BCUT2D eigenvalue weighted by Gasteiger charge is 2.22. The third-order valence-electron chi connectivity index (χ3n) is 4.68. The summed E-state index contributed by atoms with van der Waals surface area (Å²) in [6.45, 7) is 3.97. The fourth-order valence-corrected chi connectivity index (χ4v) is 4.23. The Morgan fingerprint density at radius 2 is 1.96 bits per heavy atom. The van der Waals surface area contributed by atoms with Crippen LogP contribution in [0.3, 0.4) is 0 Å². The van der Waals surface area contributed by atoms with E-state index in [2.05, 4.69) is 17.1 Å². The molecule has 0 atom stereocenters. The fraction of sp³-hybridized carbons (Fsp3) is 0.316. The van der Waals surface area contributed by atoms with Gasteiger partial charge in [-0.1, -0.05) is 17.7 Å². The van der Waals surface area contributed by atoms with Crippen LogP contribution in [0.5, 0.6) is 0 Å². The van der Waals surface area contributed by atoms with Gasteiger partial charge in [-0.05, 0) is 49.2 Å². The SMILES string of the molecule is CCN1CCc2ccc(NC(=O)c3cc(S(=O)(=O)N(C)C)ccc3Cl)cc21. The number of nitrogens with one attached hydrogen (secondary N) is 1. The van der Waals surface area contributed by atoms with Gasteiger partial charge in [0.25, 0.3) is 5.91 Å². The Labute approximate surface area is 164 Å². The smallest absolute Gasteiger partial charge is 0.257 e.